The van der Waals surface area contributed by atoms with Gasteiger partial charge in [0.2, 0.25) is 0 Å². The zero-order valence-electron chi connectivity index (χ0n) is 12.0. The van der Waals surface area contributed by atoms with E-state index in [9.17, 15) is 0 Å². The van der Waals surface area contributed by atoms with Crippen molar-refractivity contribution in [3.8, 4) is 5.69 Å². The monoisotopic (exact) mass is 289 g/mol. The molecule has 1 saturated carbocycles. The second-order valence-electron chi connectivity index (χ2n) is 5.47. The van der Waals surface area contributed by atoms with E-state index >= 15 is 0 Å². The number of benzene rings is 1. The first-order valence-corrected chi connectivity index (χ1v) is 7.62. The normalized spacial score (nSPS) is 14.8. The maximum absolute atomic E-state index is 6.22. The largest absolute Gasteiger partial charge is 0.310 e. The Balaban J connectivity index is 1.89. The van der Waals surface area contributed by atoms with Gasteiger partial charge < -0.3 is 5.32 Å². The van der Waals surface area contributed by atoms with Crippen LogP contribution in [-0.2, 0) is 13.0 Å². The Morgan fingerprint density at radius 3 is 2.85 bits per heavy atom. The fourth-order valence-corrected chi connectivity index (χ4v) is 2.58. The van der Waals surface area contributed by atoms with Gasteiger partial charge >= 0.3 is 0 Å². The summed E-state index contributed by atoms with van der Waals surface area (Å²) in [5.74, 6) is 0. The summed E-state index contributed by atoms with van der Waals surface area (Å²) in [4.78, 5) is 0. The number of nitrogens with zero attached hydrogens (tertiary/aromatic N) is 2. The van der Waals surface area contributed by atoms with Gasteiger partial charge in [0, 0.05) is 28.9 Å². The van der Waals surface area contributed by atoms with Crippen LogP contribution in [0, 0.1) is 6.92 Å². The molecule has 1 heterocycles. The molecule has 0 unspecified atom stereocenters. The predicted octanol–water partition coefficient (Wildman–Crippen LogP) is 3.65. The molecule has 0 bridgehead atoms. The lowest BCUT2D eigenvalue weighted by molar-refractivity contribution is 0.680. The summed E-state index contributed by atoms with van der Waals surface area (Å²) in [6, 6.07) is 6.82. The second kappa shape index (κ2) is 5.58. The van der Waals surface area contributed by atoms with Crippen LogP contribution in [0.15, 0.2) is 24.4 Å². The zero-order chi connectivity index (χ0) is 14.1. The van der Waals surface area contributed by atoms with Gasteiger partial charge in [-0.2, -0.15) is 5.10 Å². The van der Waals surface area contributed by atoms with Crippen LogP contribution in [0.25, 0.3) is 5.69 Å². The maximum Gasteiger partial charge on any atom is 0.0663 e. The van der Waals surface area contributed by atoms with Crippen molar-refractivity contribution in [2.45, 2.75) is 45.7 Å². The highest BCUT2D eigenvalue weighted by Gasteiger charge is 2.21. The van der Waals surface area contributed by atoms with Gasteiger partial charge in [0.25, 0.3) is 0 Å². The van der Waals surface area contributed by atoms with Crippen LogP contribution in [0.2, 0.25) is 5.02 Å². The van der Waals surface area contributed by atoms with Crippen molar-refractivity contribution in [2.24, 2.45) is 0 Å². The molecule has 0 radical (unpaired) electrons. The molecule has 0 amide bonds. The molecule has 1 aromatic carbocycles. The molecule has 0 aliphatic heterocycles. The predicted molar refractivity (Wildman–Crippen MR) is 82.6 cm³/mol. The lowest BCUT2D eigenvalue weighted by Gasteiger charge is -2.09. The number of rotatable bonds is 5. The third-order valence-corrected chi connectivity index (χ3v) is 4.26. The maximum atomic E-state index is 6.22. The topological polar surface area (TPSA) is 29.9 Å². The van der Waals surface area contributed by atoms with Crippen LogP contribution in [0.4, 0.5) is 0 Å². The number of halogens is 1. The van der Waals surface area contributed by atoms with Crippen molar-refractivity contribution in [1.29, 1.82) is 0 Å². The van der Waals surface area contributed by atoms with Gasteiger partial charge in [-0.05, 0) is 43.9 Å². The molecule has 3 nitrogen and oxygen atoms in total. The third kappa shape index (κ3) is 2.74. The van der Waals surface area contributed by atoms with E-state index in [1.807, 2.05) is 29.9 Å². The fraction of sp³-hybridized carbons (Fsp3) is 0.438. The Labute approximate surface area is 124 Å². The van der Waals surface area contributed by atoms with E-state index in [1.165, 1.54) is 24.1 Å². The van der Waals surface area contributed by atoms with Gasteiger partial charge in [-0.1, -0.05) is 24.6 Å². The summed E-state index contributed by atoms with van der Waals surface area (Å²) < 4.78 is 2.01. The Bertz CT molecular complexity index is 614. The van der Waals surface area contributed by atoms with Crippen LogP contribution >= 0.6 is 11.6 Å². The number of aryl methyl sites for hydroxylation is 1. The molecular weight excluding hydrogens is 270 g/mol. The third-order valence-electron chi connectivity index (χ3n) is 3.85. The van der Waals surface area contributed by atoms with Gasteiger partial charge in [-0.15, -0.1) is 0 Å². The average Bonchev–Trinajstić information content (AvgIpc) is 3.18. The van der Waals surface area contributed by atoms with Crippen molar-refractivity contribution in [3.63, 3.8) is 0 Å². The lowest BCUT2D eigenvalue weighted by Crippen LogP contribution is -2.16. The first kappa shape index (κ1) is 13.7. The molecule has 1 N–H and O–H groups in total. The van der Waals surface area contributed by atoms with Gasteiger partial charge in [0.15, 0.2) is 0 Å². The minimum absolute atomic E-state index is 0.719. The molecule has 4 heteroatoms. The summed E-state index contributed by atoms with van der Waals surface area (Å²) in [5, 5.41) is 8.89. The highest BCUT2D eigenvalue weighted by Crippen LogP contribution is 2.23. The first-order valence-electron chi connectivity index (χ1n) is 7.24. The van der Waals surface area contributed by atoms with Gasteiger partial charge in [0.1, 0.15) is 0 Å². The molecule has 0 saturated heterocycles. The molecule has 1 aromatic heterocycles. The quantitative estimate of drug-likeness (QED) is 0.910. The van der Waals surface area contributed by atoms with Crippen molar-refractivity contribution in [3.05, 3.63) is 46.2 Å². The molecule has 20 heavy (non-hydrogen) atoms. The minimum Gasteiger partial charge on any atom is -0.310 e. The highest BCUT2D eigenvalue weighted by atomic mass is 35.5. The molecule has 3 rings (SSSR count). The number of aromatic nitrogens is 2. The molecule has 0 atom stereocenters. The number of hydrogen-bond acceptors (Lipinski definition) is 2. The molecule has 106 valence electrons. The van der Waals surface area contributed by atoms with Gasteiger partial charge in [-0.25, -0.2) is 4.68 Å². The fourth-order valence-electron chi connectivity index (χ4n) is 2.41. The molecule has 0 spiro atoms. The summed E-state index contributed by atoms with van der Waals surface area (Å²) >= 11 is 6.22. The molecular formula is C16H20ClN3. The number of hydrogen-bond donors (Lipinski definition) is 1. The van der Waals surface area contributed by atoms with Crippen LogP contribution in [0.1, 0.15) is 36.6 Å². The molecule has 1 aliphatic rings. The number of nitrogens with one attached hydrogen (secondary N) is 1. The van der Waals surface area contributed by atoms with E-state index in [-0.39, 0.29) is 0 Å². The van der Waals surface area contributed by atoms with E-state index < -0.39 is 0 Å². The summed E-state index contributed by atoms with van der Waals surface area (Å²) in [6.07, 6.45) is 5.56. The lowest BCUT2D eigenvalue weighted by atomic mass is 10.2. The summed E-state index contributed by atoms with van der Waals surface area (Å²) in [5.41, 5.74) is 4.68. The highest BCUT2D eigenvalue weighted by molar-refractivity contribution is 6.31. The van der Waals surface area contributed by atoms with Gasteiger partial charge in [-0.3, -0.25) is 0 Å². The van der Waals surface area contributed by atoms with Crippen LogP contribution in [-0.4, -0.2) is 15.8 Å². The van der Waals surface area contributed by atoms with Crippen molar-refractivity contribution in [1.82, 2.24) is 15.1 Å². The SMILES string of the molecule is CCc1c(CNC2CC2)cnn1-c1ccc(C)c(Cl)c1. The van der Waals surface area contributed by atoms with E-state index in [0.29, 0.717) is 0 Å². The van der Waals surface area contributed by atoms with Crippen molar-refractivity contribution in [2.75, 3.05) is 0 Å². The summed E-state index contributed by atoms with van der Waals surface area (Å²) in [6.45, 7) is 5.10. The smallest absolute Gasteiger partial charge is 0.0663 e. The standard InChI is InChI=1S/C16H20ClN3/c1-3-16-12(9-18-13-5-6-13)10-19-20(16)14-7-4-11(2)15(17)8-14/h4,7-8,10,13,18H,3,5-6,9H2,1-2H3. The second-order valence-corrected chi connectivity index (χ2v) is 5.88. The van der Waals surface area contributed by atoms with E-state index in [0.717, 1.165) is 35.3 Å². The molecule has 1 fully saturated rings. The minimum atomic E-state index is 0.719. The Kier molecular flexibility index (Phi) is 3.81. The Hall–Kier alpha value is -1.32. The van der Waals surface area contributed by atoms with E-state index in [1.54, 1.807) is 0 Å². The average molecular weight is 290 g/mol. The van der Waals surface area contributed by atoms with Crippen molar-refractivity contribution >= 4 is 11.6 Å². The van der Waals surface area contributed by atoms with E-state index in [2.05, 4.69) is 23.4 Å². The van der Waals surface area contributed by atoms with E-state index in [4.69, 9.17) is 11.6 Å². The zero-order valence-corrected chi connectivity index (χ0v) is 12.7. The molecule has 2 aromatic rings. The van der Waals surface area contributed by atoms with Gasteiger partial charge in [0.05, 0.1) is 11.9 Å². The Morgan fingerprint density at radius 2 is 2.20 bits per heavy atom. The van der Waals surface area contributed by atoms with Crippen LogP contribution in [0.5, 0.6) is 0 Å². The van der Waals surface area contributed by atoms with Crippen LogP contribution in [0.3, 0.4) is 0 Å². The Morgan fingerprint density at radius 1 is 1.40 bits per heavy atom. The van der Waals surface area contributed by atoms with Crippen molar-refractivity contribution < 1.29 is 0 Å². The summed E-state index contributed by atoms with van der Waals surface area (Å²) in [7, 11) is 0. The van der Waals surface area contributed by atoms with Crippen LogP contribution < -0.4 is 5.32 Å². The first-order chi connectivity index (χ1) is 9.69. The molecule has 1 aliphatic carbocycles.